The van der Waals surface area contributed by atoms with Gasteiger partial charge in [-0.2, -0.15) is 0 Å². The molecule has 3 heterocycles. The summed E-state index contributed by atoms with van der Waals surface area (Å²) in [4.78, 5) is 22.1. The van der Waals surface area contributed by atoms with Crippen molar-refractivity contribution in [1.29, 1.82) is 0 Å². The zero-order valence-corrected chi connectivity index (χ0v) is 16.0. The standard InChI is InChI=1S/C22H19N3O2S/c26-19(12-11-14-6-5-13-27-14)25-22-20(15-7-1-4-10-18(15)28-22)21-23-16-8-2-3-9-17(16)24-21/h2-3,5-6,8-9,11-13H,1,4,7,10H2,(H,23,24)(H,25,26)/b12-11+. The lowest BCUT2D eigenvalue weighted by Crippen LogP contribution is -2.08. The van der Waals surface area contributed by atoms with Crippen molar-refractivity contribution in [3.05, 3.63) is 64.9 Å². The predicted molar refractivity (Wildman–Crippen MR) is 112 cm³/mol. The summed E-state index contributed by atoms with van der Waals surface area (Å²) in [5.74, 6) is 1.30. The second kappa shape index (κ2) is 7.13. The molecule has 1 aromatic carbocycles. The van der Waals surface area contributed by atoms with Crippen LogP contribution in [0, 0.1) is 0 Å². The first kappa shape index (κ1) is 17.0. The van der Waals surface area contributed by atoms with Crippen LogP contribution in [0.25, 0.3) is 28.5 Å². The van der Waals surface area contributed by atoms with Gasteiger partial charge in [-0.1, -0.05) is 12.1 Å². The normalized spacial score (nSPS) is 13.9. The molecule has 5 nitrogen and oxygen atoms in total. The van der Waals surface area contributed by atoms with Crippen molar-refractivity contribution in [3.63, 3.8) is 0 Å². The van der Waals surface area contributed by atoms with Crippen LogP contribution >= 0.6 is 11.3 Å². The number of fused-ring (bicyclic) bond motifs is 2. The lowest BCUT2D eigenvalue weighted by atomic mass is 9.95. The van der Waals surface area contributed by atoms with Gasteiger partial charge in [-0.05, 0) is 61.6 Å². The van der Waals surface area contributed by atoms with Crippen LogP contribution in [0.15, 0.2) is 53.2 Å². The molecule has 0 fully saturated rings. The fraction of sp³-hybridized carbons (Fsp3) is 0.182. The van der Waals surface area contributed by atoms with Crippen LogP contribution in [-0.2, 0) is 17.6 Å². The first-order valence-electron chi connectivity index (χ1n) is 9.40. The number of imidazole rings is 1. The van der Waals surface area contributed by atoms with Crippen LogP contribution in [0.1, 0.15) is 29.0 Å². The Labute approximate surface area is 166 Å². The molecule has 0 unspecified atom stereocenters. The number of H-pyrrole nitrogens is 1. The summed E-state index contributed by atoms with van der Waals surface area (Å²) >= 11 is 1.67. The maximum Gasteiger partial charge on any atom is 0.249 e. The van der Waals surface area contributed by atoms with Gasteiger partial charge in [-0.25, -0.2) is 4.98 Å². The van der Waals surface area contributed by atoms with E-state index in [4.69, 9.17) is 9.40 Å². The average Bonchev–Trinajstić information content (AvgIpc) is 3.43. The maximum absolute atomic E-state index is 12.5. The van der Waals surface area contributed by atoms with E-state index in [0.717, 1.165) is 40.3 Å². The van der Waals surface area contributed by atoms with Gasteiger partial charge in [0, 0.05) is 11.0 Å². The molecule has 140 valence electrons. The Morgan fingerprint density at radius 2 is 2.07 bits per heavy atom. The summed E-state index contributed by atoms with van der Waals surface area (Å²) in [5, 5.41) is 3.93. The molecule has 1 amide bonds. The quantitative estimate of drug-likeness (QED) is 0.458. The van der Waals surface area contributed by atoms with Crippen LogP contribution in [-0.4, -0.2) is 15.9 Å². The van der Waals surface area contributed by atoms with Gasteiger partial charge in [0.1, 0.15) is 16.6 Å². The summed E-state index contributed by atoms with van der Waals surface area (Å²) in [5.41, 5.74) is 4.29. The molecule has 5 rings (SSSR count). The Hall–Kier alpha value is -3.12. The Morgan fingerprint density at radius 1 is 1.18 bits per heavy atom. The van der Waals surface area contributed by atoms with Gasteiger partial charge in [0.25, 0.3) is 0 Å². The van der Waals surface area contributed by atoms with Crippen molar-refractivity contribution < 1.29 is 9.21 Å². The molecule has 3 aromatic heterocycles. The molecule has 0 bridgehead atoms. The number of para-hydroxylation sites is 2. The molecule has 4 aromatic rings. The molecule has 0 spiro atoms. The molecule has 0 atom stereocenters. The summed E-state index contributed by atoms with van der Waals surface area (Å²) in [6.45, 7) is 0. The van der Waals surface area contributed by atoms with Crippen molar-refractivity contribution in [1.82, 2.24) is 9.97 Å². The van der Waals surface area contributed by atoms with Gasteiger partial charge >= 0.3 is 0 Å². The topological polar surface area (TPSA) is 70.9 Å². The molecule has 0 saturated carbocycles. The third kappa shape index (κ3) is 3.16. The zero-order valence-electron chi connectivity index (χ0n) is 15.2. The lowest BCUT2D eigenvalue weighted by molar-refractivity contribution is -0.111. The minimum atomic E-state index is -0.174. The summed E-state index contributed by atoms with van der Waals surface area (Å²) in [6.07, 6.45) is 9.21. The first-order chi connectivity index (χ1) is 13.8. The molecule has 0 aliphatic heterocycles. The second-order valence-electron chi connectivity index (χ2n) is 6.86. The smallest absolute Gasteiger partial charge is 0.249 e. The summed E-state index contributed by atoms with van der Waals surface area (Å²) in [6, 6.07) is 11.6. The number of hydrogen-bond acceptors (Lipinski definition) is 4. The number of anilines is 1. The highest BCUT2D eigenvalue weighted by atomic mass is 32.1. The Kier molecular flexibility index (Phi) is 4.33. The SMILES string of the molecule is O=C(/C=C/c1ccco1)Nc1sc2c(c1-c1nc3ccccc3[nH]1)CCCC2. The van der Waals surface area contributed by atoms with Crippen molar-refractivity contribution in [2.24, 2.45) is 0 Å². The molecule has 28 heavy (non-hydrogen) atoms. The number of nitrogens with one attached hydrogen (secondary N) is 2. The summed E-state index contributed by atoms with van der Waals surface area (Å²) in [7, 11) is 0. The van der Waals surface area contributed by atoms with Crippen LogP contribution in [0.4, 0.5) is 5.00 Å². The number of carbonyl (C=O) groups excluding carboxylic acids is 1. The molecule has 1 aliphatic rings. The number of aryl methyl sites for hydroxylation is 1. The number of rotatable bonds is 4. The Bertz CT molecular complexity index is 1140. The first-order valence-corrected chi connectivity index (χ1v) is 10.2. The highest BCUT2D eigenvalue weighted by molar-refractivity contribution is 7.17. The molecule has 1 aliphatic carbocycles. The zero-order chi connectivity index (χ0) is 18.9. The largest absolute Gasteiger partial charge is 0.465 e. The average molecular weight is 389 g/mol. The fourth-order valence-electron chi connectivity index (χ4n) is 3.67. The van der Waals surface area contributed by atoms with Gasteiger partial charge in [-0.3, -0.25) is 4.79 Å². The number of thiophene rings is 1. The van der Waals surface area contributed by atoms with Gasteiger partial charge in [-0.15, -0.1) is 11.3 Å². The molecular weight excluding hydrogens is 370 g/mol. The van der Waals surface area contributed by atoms with Crippen LogP contribution in [0.5, 0.6) is 0 Å². The highest BCUT2D eigenvalue weighted by Gasteiger charge is 2.24. The van der Waals surface area contributed by atoms with E-state index in [1.165, 1.54) is 29.4 Å². The van der Waals surface area contributed by atoms with E-state index in [2.05, 4.69) is 10.3 Å². The van der Waals surface area contributed by atoms with Crippen molar-refractivity contribution in [2.45, 2.75) is 25.7 Å². The van der Waals surface area contributed by atoms with Crippen LogP contribution in [0.3, 0.4) is 0 Å². The number of carbonyl (C=O) groups is 1. The lowest BCUT2D eigenvalue weighted by Gasteiger charge is -2.11. The van der Waals surface area contributed by atoms with Crippen LogP contribution < -0.4 is 5.32 Å². The van der Waals surface area contributed by atoms with Crippen LogP contribution in [0.2, 0.25) is 0 Å². The minimum Gasteiger partial charge on any atom is -0.465 e. The number of nitrogens with zero attached hydrogens (tertiary/aromatic N) is 1. The molecule has 0 radical (unpaired) electrons. The third-order valence-electron chi connectivity index (χ3n) is 4.98. The van der Waals surface area contributed by atoms with E-state index in [1.54, 1.807) is 29.7 Å². The highest BCUT2D eigenvalue weighted by Crippen LogP contribution is 2.43. The van der Waals surface area contributed by atoms with Gasteiger partial charge in [0.15, 0.2) is 0 Å². The van der Waals surface area contributed by atoms with Gasteiger partial charge in [0.2, 0.25) is 5.91 Å². The maximum atomic E-state index is 12.5. The molecule has 0 saturated heterocycles. The van der Waals surface area contributed by atoms with E-state index < -0.39 is 0 Å². The van der Waals surface area contributed by atoms with E-state index in [1.807, 2.05) is 30.3 Å². The number of hydrogen-bond donors (Lipinski definition) is 2. The van der Waals surface area contributed by atoms with E-state index in [0.29, 0.717) is 5.76 Å². The number of furan rings is 1. The van der Waals surface area contributed by atoms with E-state index in [9.17, 15) is 4.79 Å². The predicted octanol–water partition coefficient (Wildman–Crippen LogP) is 5.42. The molecule has 2 N–H and O–H groups in total. The number of aromatic nitrogens is 2. The third-order valence-corrected chi connectivity index (χ3v) is 6.18. The Morgan fingerprint density at radius 3 is 2.93 bits per heavy atom. The van der Waals surface area contributed by atoms with Gasteiger partial charge < -0.3 is 14.7 Å². The summed E-state index contributed by atoms with van der Waals surface area (Å²) < 4.78 is 5.25. The Balaban J connectivity index is 1.52. The van der Waals surface area contributed by atoms with E-state index in [-0.39, 0.29) is 5.91 Å². The van der Waals surface area contributed by atoms with E-state index >= 15 is 0 Å². The number of aromatic amines is 1. The fourth-order valence-corrected chi connectivity index (χ4v) is 4.97. The van der Waals surface area contributed by atoms with Gasteiger partial charge in [0.05, 0.1) is 22.9 Å². The van der Waals surface area contributed by atoms with Crippen molar-refractivity contribution in [2.75, 3.05) is 5.32 Å². The monoisotopic (exact) mass is 389 g/mol. The van der Waals surface area contributed by atoms with Crippen molar-refractivity contribution >= 4 is 39.4 Å². The molecule has 6 heteroatoms. The second-order valence-corrected chi connectivity index (χ2v) is 7.96. The minimum absolute atomic E-state index is 0.174. The number of amides is 1. The molecular formula is C22H19N3O2S. The number of benzene rings is 1. The van der Waals surface area contributed by atoms with Crippen molar-refractivity contribution in [3.8, 4) is 11.4 Å².